The van der Waals surface area contributed by atoms with Gasteiger partial charge in [0.25, 0.3) is 5.78 Å². The van der Waals surface area contributed by atoms with Crippen molar-refractivity contribution in [3.05, 3.63) is 94.5 Å². The Bertz CT molecular complexity index is 1440. The van der Waals surface area contributed by atoms with Gasteiger partial charge in [-0.3, -0.25) is 14.5 Å². The second-order valence-electron chi connectivity index (χ2n) is 9.94. The second kappa shape index (κ2) is 12.3. The number of nitrogens with zero attached hydrogens (tertiary/aromatic N) is 2. The molecular weight excluding hydrogens is 528 g/mol. The van der Waals surface area contributed by atoms with Gasteiger partial charge in [0.2, 0.25) is 0 Å². The summed E-state index contributed by atoms with van der Waals surface area (Å²) in [6.45, 7) is 11.7. The molecule has 2 unspecified atom stereocenters. The van der Waals surface area contributed by atoms with Gasteiger partial charge in [0.15, 0.2) is 5.13 Å². The normalized spacial score (nSPS) is 17.2. The number of ketones is 1. The molecule has 1 N–H and O–H groups in total. The topological polar surface area (TPSA) is 106 Å². The van der Waals surface area contributed by atoms with Crippen molar-refractivity contribution >= 4 is 39.9 Å². The molecule has 40 heavy (non-hydrogen) atoms. The molecule has 0 bridgehead atoms. The van der Waals surface area contributed by atoms with Crippen LogP contribution < -0.4 is 9.64 Å². The van der Waals surface area contributed by atoms with Crippen LogP contribution in [0.1, 0.15) is 53.2 Å². The molecule has 0 saturated carbocycles. The van der Waals surface area contributed by atoms with E-state index in [0.717, 1.165) is 16.9 Å². The Morgan fingerprint density at radius 1 is 1.12 bits per heavy atom. The standard InChI is InChI=1S/C31H32N2O6S/c1-6-16-38-30(37)28-20(5)32-31(40-28)33-25(19(4)21-10-8-7-9-11-21)24(27(35)29(33)36)26(34)22-12-14-23(15-13-22)39-17-18(2)3/h6-15,18-19,25,34H,1,16-17H2,2-5H3/b26-24+. The van der Waals surface area contributed by atoms with Gasteiger partial charge in [-0.1, -0.05) is 75.1 Å². The van der Waals surface area contributed by atoms with Crippen molar-refractivity contribution in [2.75, 3.05) is 18.1 Å². The van der Waals surface area contributed by atoms with Crippen LogP contribution in [-0.2, 0) is 14.3 Å². The fourth-order valence-corrected chi connectivity index (χ4v) is 5.48. The Balaban J connectivity index is 1.80. The lowest BCUT2D eigenvalue weighted by Crippen LogP contribution is -2.37. The van der Waals surface area contributed by atoms with Gasteiger partial charge in [-0.05, 0) is 42.7 Å². The lowest BCUT2D eigenvalue weighted by molar-refractivity contribution is -0.132. The number of hydrogen-bond donors (Lipinski definition) is 1. The molecule has 8 nitrogen and oxygen atoms in total. The average molecular weight is 561 g/mol. The number of aromatic nitrogens is 1. The number of benzene rings is 2. The van der Waals surface area contributed by atoms with Crippen LogP contribution in [0, 0.1) is 12.8 Å². The van der Waals surface area contributed by atoms with Crippen molar-refractivity contribution in [3.63, 3.8) is 0 Å². The highest BCUT2D eigenvalue weighted by atomic mass is 32.1. The summed E-state index contributed by atoms with van der Waals surface area (Å²) in [6.07, 6.45) is 1.46. The van der Waals surface area contributed by atoms with Crippen molar-refractivity contribution < 1.29 is 29.0 Å². The van der Waals surface area contributed by atoms with E-state index in [1.807, 2.05) is 51.1 Å². The van der Waals surface area contributed by atoms with Gasteiger partial charge in [-0.15, -0.1) is 0 Å². The molecule has 0 spiro atoms. The molecule has 1 aliphatic heterocycles. The number of Topliss-reactive ketones (excluding diaryl/α,β-unsaturated/α-hetero) is 1. The predicted octanol–water partition coefficient (Wildman–Crippen LogP) is 5.89. The van der Waals surface area contributed by atoms with Gasteiger partial charge in [0.1, 0.15) is 23.0 Å². The van der Waals surface area contributed by atoms with E-state index in [4.69, 9.17) is 9.47 Å². The number of carbonyl (C=O) groups is 3. The van der Waals surface area contributed by atoms with Crippen LogP contribution in [0.15, 0.2) is 72.8 Å². The zero-order valence-electron chi connectivity index (χ0n) is 22.9. The van der Waals surface area contributed by atoms with Crippen molar-refractivity contribution in [2.24, 2.45) is 5.92 Å². The first-order chi connectivity index (χ1) is 19.1. The van der Waals surface area contributed by atoms with E-state index in [1.165, 1.54) is 11.0 Å². The first-order valence-corrected chi connectivity index (χ1v) is 13.8. The molecule has 4 rings (SSSR count). The molecule has 3 aromatic rings. The fraction of sp³-hybridized carbons (Fsp3) is 0.290. The van der Waals surface area contributed by atoms with E-state index in [1.54, 1.807) is 31.2 Å². The van der Waals surface area contributed by atoms with Crippen molar-refractivity contribution in [2.45, 2.75) is 39.7 Å². The van der Waals surface area contributed by atoms with E-state index >= 15 is 0 Å². The molecule has 208 valence electrons. The number of esters is 1. The van der Waals surface area contributed by atoms with Gasteiger partial charge < -0.3 is 14.6 Å². The van der Waals surface area contributed by atoms with E-state index in [2.05, 4.69) is 11.6 Å². The highest BCUT2D eigenvalue weighted by molar-refractivity contribution is 7.17. The van der Waals surface area contributed by atoms with Crippen LogP contribution in [0.3, 0.4) is 0 Å². The summed E-state index contributed by atoms with van der Waals surface area (Å²) in [5.41, 5.74) is 1.59. The second-order valence-corrected chi connectivity index (χ2v) is 10.9. The number of hydrogen-bond acceptors (Lipinski definition) is 8. The van der Waals surface area contributed by atoms with E-state index < -0.39 is 29.6 Å². The zero-order valence-corrected chi connectivity index (χ0v) is 23.7. The summed E-state index contributed by atoms with van der Waals surface area (Å²) in [5, 5.41) is 11.6. The quantitative estimate of drug-likeness (QED) is 0.108. The van der Waals surface area contributed by atoms with E-state index in [-0.39, 0.29) is 27.9 Å². The summed E-state index contributed by atoms with van der Waals surface area (Å²) in [7, 11) is 0. The number of aliphatic hydroxyl groups is 1. The first kappa shape index (κ1) is 28.8. The predicted molar refractivity (Wildman–Crippen MR) is 155 cm³/mol. The number of aliphatic hydroxyl groups excluding tert-OH is 1. The number of carbonyl (C=O) groups excluding carboxylic acids is 3. The number of anilines is 1. The maximum absolute atomic E-state index is 13.5. The summed E-state index contributed by atoms with van der Waals surface area (Å²) >= 11 is 0.969. The Kier molecular flexibility index (Phi) is 8.84. The molecule has 1 amide bonds. The molecule has 2 aromatic carbocycles. The Labute approximate surface area is 237 Å². The third-order valence-corrected chi connectivity index (χ3v) is 7.64. The Hall–Kier alpha value is -4.24. The monoisotopic (exact) mass is 560 g/mol. The van der Waals surface area contributed by atoms with E-state index in [9.17, 15) is 19.5 Å². The number of ether oxygens (including phenoxy) is 2. The van der Waals surface area contributed by atoms with Gasteiger partial charge >= 0.3 is 11.9 Å². The maximum Gasteiger partial charge on any atom is 0.350 e. The Morgan fingerprint density at radius 3 is 2.42 bits per heavy atom. The minimum Gasteiger partial charge on any atom is -0.507 e. The average Bonchev–Trinajstić information content (AvgIpc) is 3.46. The third kappa shape index (κ3) is 5.84. The lowest BCUT2D eigenvalue weighted by atomic mass is 9.87. The third-order valence-electron chi connectivity index (χ3n) is 6.51. The van der Waals surface area contributed by atoms with Crippen LogP contribution in [0.2, 0.25) is 0 Å². The fourth-order valence-electron chi connectivity index (χ4n) is 4.48. The smallest absolute Gasteiger partial charge is 0.350 e. The van der Waals surface area contributed by atoms with Gasteiger partial charge in [0.05, 0.1) is 23.9 Å². The molecule has 9 heteroatoms. The number of aryl methyl sites for hydroxylation is 1. The summed E-state index contributed by atoms with van der Waals surface area (Å²) < 4.78 is 10.9. The molecule has 2 heterocycles. The molecule has 1 aromatic heterocycles. The summed E-state index contributed by atoms with van der Waals surface area (Å²) in [6, 6.07) is 15.3. The number of thiazole rings is 1. The van der Waals surface area contributed by atoms with Crippen molar-refractivity contribution in [3.8, 4) is 5.75 Å². The number of rotatable bonds is 10. The molecular formula is C31H32N2O6S. The SMILES string of the molecule is C=CCOC(=O)c1sc(N2C(=O)C(=O)/C(=C(/O)c3ccc(OCC(C)C)cc3)C2C(C)c2ccccc2)nc1C. The summed E-state index contributed by atoms with van der Waals surface area (Å²) in [5.74, 6) is -1.95. The van der Waals surface area contributed by atoms with Crippen LogP contribution in [0.25, 0.3) is 5.76 Å². The zero-order chi connectivity index (χ0) is 29.0. The van der Waals surface area contributed by atoms with Gasteiger partial charge in [0, 0.05) is 11.5 Å². The highest BCUT2D eigenvalue weighted by Gasteiger charge is 2.50. The molecule has 0 radical (unpaired) electrons. The van der Waals surface area contributed by atoms with Crippen LogP contribution in [0.4, 0.5) is 5.13 Å². The molecule has 1 saturated heterocycles. The number of amides is 1. The maximum atomic E-state index is 13.5. The van der Waals surface area contributed by atoms with Crippen LogP contribution in [0.5, 0.6) is 5.75 Å². The first-order valence-electron chi connectivity index (χ1n) is 13.0. The van der Waals surface area contributed by atoms with Gasteiger partial charge in [-0.2, -0.15) is 0 Å². The lowest BCUT2D eigenvalue weighted by Gasteiger charge is -2.28. The molecule has 2 atom stereocenters. The minimum atomic E-state index is -0.873. The van der Waals surface area contributed by atoms with Crippen molar-refractivity contribution in [1.82, 2.24) is 4.98 Å². The Morgan fingerprint density at radius 2 is 1.80 bits per heavy atom. The van der Waals surface area contributed by atoms with Crippen molar-refractivity contribution in [1.29, 1.82) is 0 Å². The molecule has 0 aliphatic carbocycles. The van der Waals surface area contributed by atoms with Crippen LogP contribution >= 0.6 is 11.3 Å². The molecule has 1 fully saturated rings. The summed E-state index contributed by atoms with van der Waals surface area (Å²) in [4.78, 5) is 45.6. The largest absolute Gasteiger partial charge is 0.507 e. The van der Waals surface area contributed by atoms with Crippen LogP contribution in [-0.4, -0.2) is 47.0 Å². The highest BCUT2D eigenvalue weighted by Crippen LogP contribution is 2.42. The molecule has 1 aliphatic rings. The van der Waals surface area contributed by atoms with Gasteiger partial charge in [-0.25, -0.2) is 9.78 Å². The minimum absolute atomic E-state index is 0.0270. The van der Waals surface area contributed by atoms with E-state index in [0.29, 0.717) is 29.5 Å².